The second kappa shape index (κ2) is 7.10. The summed E-state index contributed by atoms with van der Waals surface area (Å²) in [6.07, 6.45) is 0.689. The number of nitriles is 1. The van der Waals surface area contributed by atoms with Crippen LogP contribution in [-0.2, 0) is 13.7 Å². The molecule has 2 N–H and O–H groups in total. The molecule has 0 radical (unpaired) electrons. The van der Waals surface area contributed by atoms with E-state index in [1.807, 2.05) is 33.8 Å². The average Bonchev–Trinajstić information content (AvgIpc) is 2.12. The molecule has 0 unspecified atom stereocenters. The fourth-order valence-corrected chi connectivity index (χ4v) is 3.56. The van der Waals surface area contributed by atoms with Crippen LogP contribution in [0.1, 0.15) is 34.1 Å². The topological polar surface area (TPSA) is 77.5 Å². The van der Waals surface area contributed by atoms with E-state index in [1.54, 1.807) is 0 Å². The van der Waals surface area contributed by atoms with Gasteiger partial charge in [0, 0.05) is 0 Å². The first kappa shape index (κ1) is 14.8. The first-order chi connectivity index (χ1) is 6.95. The molecule has 6 heteroatoms. The van der Waals surface area contributed by atoms with E-state index in [1.165, 1.54) is 0 Å². The van der Waals surface area contributed by atoms with Crippen molar-refractivity contribution >= 4 is 7.94 Å². The van der Waals surface area contributed by atoms with Crippen molar-refractivity contribution in [2.75, 3.05) is 6.16 Å². The zero-order valence-corrected chi connectivity index (χ0v) is 10.8. The zero-order valence-electron chi connectivity index (χ0n) is 9.82. The van der Waals surface area contributed by atoms with Gasteiger partial charge < -0.3 is 0 Å². The van der Waals surface area contributed by atoms with Crippen LogP contribution in [0.25, 0.3) is 0 Å². The number of nitrogens with zero attached hydrogens (tertiary/aromatic N) is 1. The van der Waals surface area contributed by atoms with Crippen molar-refractivity contribution in [3.63, 3.8) is 0 Å². The second-order valence-corrected chi connectivity index (χ2v) is 6.37. The van der Waals surface area contributed by atoms with Gasteiger partial charge in [0.1, 0.15) is 0 Å². The van der Waals surface area contributed by atoms with Crippen molar-refractivity contribution in [1.82, 2.24) is 0 Å². The Morgan fingerprint density at radius 2 is 1.67 bits per heavy atom. The maximum absolute atomic E-state index is 8.56. The maximum atomic E-state index is 8.56. The molecule has 0 bridgehead atoms. The van der Waals surface area contributed by atoms with Gasteiger partial charge in [0.15, 0.2) is 0 Å². The fourth-order valence-electron chi connectivity index (χ4n) is 1.19. The van der Waals surface area contributed by atoms with Gasteiger partial charge in [0.2, 0.25) is 0 Å². The Balaban J connectivity index is 4.52. The first-order valence-corrected chi connectivity index (χ1v) is 6.99. The quantitative estimate of drug-likeness (QED) is 0.541. The molecule has 15 heavy (non-hydrogen) atoms. The molecule has 0 aliphatic carbocycles. The molecular weight excluding hydrogens is 215 g/mol. The van der Waals surface area contributed by atoms with E-state index in [0.717, 1.165) is 0 Å². The van der Waals surface area contributed by atoms with E-state index < -0.39 is 7.94 Å². The van der Waals surface area contributed by atoms with E-state index in [0.29, 0.717) is 12.6 Å². The van der Waals surface area contributed by atoms with E-state index in [2.05, 4.69) is 0 Å². The molecule has 0 aromatic carbocycles. The van der Waals surface area contributed by atoms with Gasteiger partial charge in [-0.1, -0.05) is 0 Å². The van der Waals surface area contributed by atoms with Crippen LogP contribution in [0.5, 0.6) is 0 Å². The van der Waals surface area contributed by atoms with Gasteiger partial charge in [-0.25, -0.2) is 0 Å². The Hall–Kier alpha value is -0.240. The standard InChI is InChI=1S/C9H21N2O3P/c1-8(2)12-15(14-11,7-5-6-10)13-9(3)4/h8-9,15H,5,7,11H2,1-4H3. The minimum atomic E-state index is -2.86. The van der Waals surface area contributed by atoms with E-state index in [9.17, 15) is 0 Å². The number of nitrogens with two attached hydrogens (primary N) is 1. The summed E-state index contributed by atoms with van der Waals surface area (Å²) >= 11 is 0. The fraction of sp³-hybridized carbons (Fsp3) is 0.889. The molecule has 0 fully saturated rings. The van der Waals surface area contributed by atoms with Gasteiger partial charge in [-0.05, 0) is 0 Å². The van der Waals surface area contributed by atoms with Gasteiger partial charge in [-0.2, -0.15) is 0 Å². The summed E-state index contributed by atoms with van der Waals surface area (Å²) in [7, 11) is -2.86. The van der Waals surface area contributed by atoms with Crippen LogP contribution in [0.4, 0.5) is 0 Å². The van der Waals surface area contributed by atoms with Crippen molar-refractivity contribution < 1.29 is 13.7 Å². The summed E-state index contributed by atoms with van der Waals surface area (Å²) in [5.41, 5.74) is 0. The molecule has 0 heterocycles. The van der Waals surface area contributed by atoms with Crippen molar-refractivity contribution in [2.45, 2.75) is 46.3 Å². The van der Waals surface area contributed by atoms with Crippen molar-refractivity contribution in [3.8, 4) is 6.07 Å². The van der Waals surface area contributed by atoms with E-state index in [4.69, 9.17) is 24.8 Å². The predicted molar refractivity (Wildman–Crippen MR) is 61.1 cm³/mol. The number of hydrogen-bond acceptors (Lipinski definition) is 5. The van der Waals surface area contributed by atoms with Crippen LogP contribution in [0.3, 0.4) is 0 Å². The Labute approximate surface area is 92.0 Å². The summed E-state index contributed by atoms with van der Waals surface area (Å²) in [5.74, 6) is 5.25. The van der Waals surface area contributed by atoms with Gasteiger partial charge in [-0.3, -0.25) is 0 Å². The van der Waals surface area contributed by atoms with Gasteiger partial charge >= 0.3 is 91.3 Å². The zero-order chi connectivity index (χ0) is 11.9. The Morgan fingerprint density at radius 3 is 1.93 bits per heavy atom. The van der Waals surface area contributed by atoms with Crippen LogP contribution in [0, 0.1) is 11.3 Å². The normalized spacial score (nSPS) is 13.2. The number of hydrogen-bond donors (Lipinski definition) is 1. The molecule has 90 valence electrons. The Bertz CT molecular complexity index is 206. The van der Waals surface area contributed by atoms with Crippen molar-refractivity contribution in [2.24, 2.45) is 5.90 Å². The minimum absolute atomic E-state index is 0.0299. The molecule has 0 aliphatic rings. The van der Waals surface area contributed by atoms with Gasteiger partial charge in [0.25, 0.3) is 0 Å². The van der Waals surface area contributed by atoms with Crippen LogP contribution in [-0.4, -0.2) is 18.4 Å². The molecule has 0 atom stereocenters. The Morgan fingerprint density at radius 1 is 1.20 bits per heavy atom. The number of rotatable bonds is 7. The molecular formula is C9H21N2O3P. The van der Waals surface area contributed by atoms with Crippen LogP contribution < -0.4 is 5.90 Å². The van der Waals surface area contributed by atoms with Crippen LogP contribution >= 0.6 is 7.94 Å². The molecule has 0 aliphatic heterocycles. The molecule has 0 aromatic rings. The van der Waals surface area contributed by atoms with Crippen molar-refractivity contribution in [3.05, 3.63) is 0 Å². The van der Waals surface area contributed by atoms with Crippen LogP contribution in [0.2, 0.25) is 0 Å². The average molecular weight is 236 g/mol. The summed E-state index contributed by atoms with van der Waals surface area (Å²) < 4.78 is 16.1. The molecule has 5 nitrogen and oxygen atoms in total. The summed E-state index contributed by atoms with van der Waals surface area (Å²) in [6.45, 7) is 7.54. The summed E-state index contributed by atoms with van der Waals surface area (Å²) in [4.78, 5) is 0. The summed E-state index contributed by atoms with van der Waals surface area (Å²) in [5, 5.41) is 8.56. The Kier molecular flexibility index (Phi) is 6.99. The molecule has 0 rings (SSSR count). The molecule has 0 spiro atoms. The molecule has 0 amide bonds. The SMILES string of the molecule is CC(C)O[PH](CCC#N)(ON)OC(C)C. The second-order valence-electron chi connectivity index (χ2n) is 3.79. The molecule has 0 saturated carbocycles. The third-order valence-electron chi connectivity index (χ3n) is 1.55. The van der Waals surface area contributed by atoms with Gasteiger partial charge in [-0.15, -0.1) is 0 Å². The monoisotopic (exact) mass is 236 g/mol. The van der Waals surface area contributed by atoms with E-state index in [-0.39, 0.29) is 12.2 Å². The molecule has 0 saturated heterocycles. The third kappa shape index (κ3) is 6.03. The predicted octanol–water partition coefficient (Wildman–Crippen LogP) is 2.14. The third-order valence-corrected chi connectivity index (χ3v) is 4.44. The van der Waals surface area contributed by atoms with E-state index >= 15 is 0 Å². The summed E-state index contributed by atoms with van der Waals surface area (Å²) in [6, 6.07) is 2.04. The van der Waals surface area contributed by atoms with Crippen molar-refractivity contribution in [1.29, 1.82) is 5.26 Å². The van der Waals surface area contributed by atoms with Crippen LogP contribution in [0.15, 0.2) is 0 Å². The first-order valence-electron chi connectivity index (χ1n) is 5.06. The molecule has 0 aromatic heterocycles. The van der Waals surface area contributed by atoms with Gasteiger partial charge in [0.05, 0.1) is 0 Å².